The van der Waals surface area contributed by atoms with Gasteiger partial charge >= 0.3 is 6.18 Å². The molecule has 0 saturated heterocycles. The van der Waals surface area contributed by atoms with Gasteiger partial charge in [-0.25, -0.2) is 19.3 Å². The minimum Gasteiger partial charge on any atom is -0.324 e. The van der Waals surface area contributed by atoms with Crippen LogP contribution in [0.25, 0.3) is 11.1 Å². The Bertz CT molecular complexity index is 1320. The fourth-order valence-corrected chi connectivity index (χ4v) is 3.33. The Morgan fingerprint density at radius 3 is 2.37 bits per heavy atom. The second-order valence-corrected chi connectivity index (χ2v) is 7.73. The van der Waals surface area contributed by atoms with E-state index in [4.69, 9.17) is 0 Å². The molecule has 0 aliphatic heterocycles. The van der Waals surface area contributed by atoms with E-state index >= 15 is 0 Å². The van der Waals surface area contributed by atoms with Crippen LogP contribution in [-0.4, -0.2) is 30.6 Å². The van der Waals surface area contributed by atoms with E-state index in [1.807, 2.05) is 17.8 Å². The lowest BCUT2D eigenvalue weighted by atomic mass is 10.0. The molecule has 3 heterocycles. The largest absolute Gasteiger partial charge is 0.433 e. The van der Waals surface area contributed by atoms with Gasteiger partial charge in [0, 0.05) is 37.1 Å². The SMILES string of the molecule is CCn1cc(Cc2ncc(-c3ccc(CC(=O)Nc4ccc(C(F)(F)F)nc4)c(F)c3)cn2)cn1. The van der Waals surface area contributed by atoms with Crippen LogP contribution in [0.5, 0.6) is 0 Å². The van der Waals surface area contributed by atoms with Crippen molar-refractivity contribution < 1.29 is 22.4 Å². The summed E-state index contributed by atoms with van der Waals surface area (Å²) in [6, 6.07) is 6.26. The molecule has 0 radical (unpaired) electrons. The van der Waals surface area contributed by atoms with E-state index in [0.717, 1.165) is 30.4 Å². The highest BCUT2D eigenvalue weighted by Gasteiger charge is 2.32. The van der Waals surface area contributed by atoms with Crippen molar-refractivity contribution in [2.24, 2.45) is 0 Å². The van der Waals surface area contributed by atoms with E-state index in [0.29, 0.717) is 23.4 Å². The van der Waals surface area contributed by atoms with Crippen LogP contribution in [0.1, 0.15) is 29.6 Å². The second kappa shape index (κ2) is 10.00. The predicted octanol–water partition coefficient (Wildman–Crippen LogP) is 4.68. The smallest absolute Gasteiger partial charge is 0.324 e. The average Bonchev–Trinajstić information content (AvgIpc) is 3.28. The molecule has 0 bridgehead atoms. The number of hydrogen-bond donors (Lipinski definition) is 1. The molecule has 4 aromatic rings. The van der Waals surface area contributed by atoms with Crippen molar-refractivity contribution in [1.29, 1.82) is 0 Å². The molecule has 1 N–H and O–H groups in total. The third-order valence-corrected chi connectivity index (χ3v) is 5.15. The third-order valence-electron chi connectivity index (χ3n) is 5.15. The number of nitrogens with one attached hydrogen (secondary N) is 1. The summed E-state index contributed by atoms with van der Waals surface area (Å²) in [5.74, 6) is -0.576. The Morgan fingerprint density at radius 2 is 1.77 bits per heavy atom. The standard InChI is InChI=1S/C24H20F4N6O/c1-2-34-14-15(10-32-34)7-22-30-11-18(12-31-22)16-3-4-17(20(25)8-16)9-23(35)33-19-5-6-21(29-13-19)24(26,27)28/h3-6,8,10-14H,2,7,9H2,1H3,(H,33,35). The number of benzene rings is 1. The number of pyridine rings is 1. The Hall–Kier alpha value is -4.15. The van der Waals surface area contributed by atoms with Gasteiger partial charge in [-0.05, 0) is 41.8 Å². The monoisotopic (exact) mass is 484 g/mol. The van der Waals surface area contributed by atoms with Gasteiger partial charge in [-0.15, -0.1) is 0 Å². The summed E-state index contributed by atoms with van der Waals surface area (Å²) >= 11 is 0. The van der Waals surface area contributed by atoms with Crippen LogP contribution in [-0.2, 0) is 30.4 Å². The summed E-state index contributed by atoms with van der Waals surface area (Å²) in [5, 5.41) is 6.63. The maximum Gasteiger partial charge on any atom is 0.433 e. The van der Waals surface area contributed by atoms with Gasteiger partial charge in [0.25, 0.3) is 0 Å². The molecule has 0 aliphatic carbocycles. The van der Waals surface area contributed by atoms with Gasteiger partial charge in [-0.3, -0.25) is 9.48 Å². The first-order valence-corrected chi connectivity index (χ1v) is 10.7. The zero-order valence-corrected chi connectivity index (χ0v) is 18.6. The summed E-state index contributed by atoms with van der Waals surface area (Å²) in [5.41, 5.74) is 1.30. The fraction of sp³-hybridized carbons (Fsp3) is 0.208. The summed E-state index contributed by atoms with van der Waals surface area (Å²) < 4.78 is 54.2. The molecule has 3 aromatic heterocycles. The number of alkyl halides is 3. The molecule has 180 valence electrons. The van der Waals surface area contributed by atoms with Gasteiger partial charge < -0.3 is 5.32 Å². The number of carbonyl (C=O) groups excluding carboxylic acids is 1. The minimum absolute atomic E-state index is 0.0827. The lowest BCUT2D eigenvalue weighted by molar-refractivity contribution is -0.141. The molecule has 0 saturated carbocycles. The average molecular weight is 484 g/mol. The maximum absolute atomic E-state index is 14.7. The molecule has 1 amide bonds. The van der Waals surface area contributed by atoms with Crippen LogP contribution in [0.3, 0.4) is 0 Å². The highest BCUT2D eigenvalue weighted by atomic mass is 19.4. The number of amides is 1. The third kappa shape index (κ3) is 6.05. The molecule has 0 aliphatic rings. The van der Waals surface area contributed by atoms with Gasteiger partial charge in [0.2, 0.25) is 5.91 Å². The van der Waals surface area contributed by atoms with Crippen molar-refractivity contribution in [2.75, 3.05) is 5.32 Å². The first kappa shape index (κ1) is 24.0. The van der Waals surface area contributed by atoms with Gasteiger partial charge in [0.15, 0.2) is 0 Å². The fourth-order valence-electron chi connectivity index (χ4n) is 3.33. The zero-order valence-electron chi connectivity index (χ0n) is 18.6. The molecule has 35 heavy (non-hydrogen) atoms. The van der Waals surface area contributed by atoms with Crippen molar-refractivity contribution in [3.05, 3.63) is 89.8 Å². The van der Waals surface area contributed by atoms with Crippen LogP contribution in [0.2, 0.25) is 0 Å². The number of nitrogens with zero attached hydrogens (tertiary/aromatic N) is 5. The number of halogens is 4. The van der Waals surface area contributed by atoms with Crippen molar-refractivity contribution in [3.63, 3.8) is 0 Å². The number of anilines is 1. The predicted molar refractivity (Wildman–Crippen MR) is 120 cm³/mol. The summed E-state index contributed by atoms with van der Waals surface area (Å²) in [6.07, 6.45) is 3.45. The molecule has 0 unspecified atom stereocenters. The van der Waals surface area contributed by atoms with Crippen molar-refractivity contribution in [1.82, 2.24) is 24.7 Å². The normalized spacial score (nSPS) is 11.5. The second-order valence-electron chi connectivity index (χ2n) is 7.73. The number of rotatable bonds is 7. The molecule has 7 nitrogen and oxygen atoms in total. The maximum atomic E-state index is 14.7. The number of hydrogen-bond acceptors (Lipinski definition) is 5. The summed E-state index contributed by atoms with van der Waals surface area (Å²) in [4.78, 5) is 24.2. The van der Waals surface area contributed by atoms with E-state index in [2.05, 4.69) is 25.4 Å². The Kier molecular flexibility index (Phi) is 6.85. The molecule has 0 fully saturated rings. The number of aryl methyl sites for hydroxylation is 1. The highest BCUT2D eigenvalue weighted by molar-refractivity contribution is 5.92. The summed E-state index contributed by atoms with van der Waals surface area (Å²) in [6.45, 7) is 2.77. The molecule has 4 rings (SSSR count). The minimum atomic E-state index is -4.57. The topological polar surface area (TPSA) is 85.6 Å². The van der Waals surface area contributed by atoms with Crippen molar-refractivity contribution in [2.45, 2.75) is 32.5 Å². The van der Waals surface area contributed by atoms with Gasteiger partial charge in [-0.1, -0.05) is 12.1 Å². The number of aromatic nitrogens is 5. The van der Waals surface area contributed by atoms with Crippen molar-refractivity contribution >= 4 is 11.6 Å². The van der Waals surface area contributed by atoms with E-state index in [-0.39, 0.29) is 17.7 Å². The Balaban J connectivity index is 1.38. The first-order valence-electron chi connectivity index (χ1n) is 10.7. The highest BCUT2D eigenvalue weighted by Crippen LogP contribution is 2.28. The Labute approximate surface area is 197 Å². The molecule has 0 spiro atoms. The van der Waals surface area contributed by atoms with Crippen LogP contribution in [0.4, 0.5) is 23.2 Å². The number of carbonyl (C=O) groups is 1. The molecular weight excluding hydrogens is 464 g/mol. The van der Waals surface area contributed by atoms with Crippen molar-refractivity contribution in [3.8, 4) is 11.1 Å². The molecular formula is C24H20F4N6O. The first-order chi connectivity index (χ1) is 16.7. The molecule has 1 aromatic carbocycles. The van der Waals surface area contributed by atoms with Gasteiger partial charge in [0.05, 0.1) is 24.5 Å². The van der Waals surface area contributed by atoms with Crippen LogP contribution in [0.15, 0.2) is 61.3 Å². The van der Waals surface area contributed by atoms with Crippen LogP contribution >= 0.6 is 0 Å². The Morgan fingerprint density at radius 1 is 1.00 bits per heavy atom. The van der Waals surface area contributed by atoms with Gasteiger partial charge in [-0.2, -0.15) is 18.3 Å². The van der Waals surface area contributed by atoms with E-state index < -0.39 is 23.6 Å². The van der Waals surface area contributed by atoms with E-state index in [1.165, 1.54) is 12.1 Å². The van der Waals surface area contributed by atoms with Gasteiger partial charge in [0.1, 0.15) is 17.3 Å². The zero-order chi connectivity index (χ0) is 25.0. The molecule has 0 atom stereocenters. The summed E-state index contributed by atoms with van der Waals surface area (Å²) in [7, 11) is 0. The molecule has 11 heteroatoms. The lowest BCUT2D eigenvalue weighted by Crippen LogP contribution is -2.16. The lowest BCUT2D eigenvalue weighted by Gasteiger charge is -2.09. The quantitative estimate of drug-likeness (QED) is 0.385. The van der Waals surface area contributed by atoms with E-state index in [1.54, 1.807) is 24.7 Å². The van der Waals surface area contributed by atoms with Crippen LogP contribution in [0, 0.1) is 5.82 Å². The van der Waals surface area contributed by atoms with E-state index in [9.17, 15) is 22.4 Å². The van der Waals surface area contributed by atoms with Crippen LogP contribution < -0.4 is 5.32 Å².